The number of carbonyl (C=O) groups excluding carboxylic acids is 1. The maximum Gasteiger partial charge on any atom is 0.256 e. The lowest BCUT2D eigenvalue weighted by atomic mass is 10.1. The number of anilines is 1. The van der Waals surface area contributed by atoms with Crippen molar-refractivity contribution in [1.29, 1.82) is 0 Å². The van der Waals surface area contributed by atoms with E-state index in [2.05, 4.69) is 19.7 Å². The van der Waals surface area contributed by atoms with Gasteiger partial charge < -0.3 is 15.2 Å². The van der Waals surface area contributed by atoms with Crippen LogP contribution < -0.4 is 5.73 Å². The minimum Gasteiger partial charge on any atom is -0.382 e. The Kier molecular flexibility index (Phi) is 3.91. The standard InChI is InChI=1S/C19H20N6O/c1-12-8-16(13(2)25(12)15-4-3-6-21-10-15)19(26)24-7-5-17-14(11-24)9-18(20)23-22-17/h3-4,6,8-10H,5,7,11H2,1-2H3,(H2,20,23). The van der Waals surface area contributed by atoms with Crippen molar-refractivity contribution in [3.8, 4) is 5.69 Å². The highest BCUT2D eigenvalue weighted by molar-refractivity contribution is 5.96. The van der Waals surface area contributed by atoms with Gasteiger partial charge in [0.05, 0.1) is 23.1 Å². The van der Waals surface area contributed by atoms with Gasteiger partial charge in [-0.25, -0.2) is 0 Å². The molecule has 1 aliphatic heterocycles. The highest BCUT2D eigenvalue weighted by Gasteiger charge is 2.26. The SMILES string of the molecule is Cc1cc(C(=O)N2CCc3nnc(N)cc3C2)c(C)n1-c1cccnc1. The zero-order valence-corrected chi connectivity index (χ0v) is 14.8. The molecule has 0 radical (unpaired) electrons. The molecule has 7 nitrogen and oxygen atoms in total. The molecule has 0 saturated heterocycles. The van der Waals surface area contributed by atoms with E-state index in [-0.39, 0.29) is 5.91 Å². The molecule has 3 aromatic rings. The smallest absolute Gasteiger partial charge is 0.256 e. The third kappa shape index (κ3) is 2.71. The Labute approximate surface area is 151 Å². The summed E-state index contributed by atoms with van der Waals surface area (Å²) in [4.78, 5) is 19.2. The summed E-state index contributed by atoms with van der Waals surface area (Å²) in [6, 6.07) is 7.63. The molecule has 0 atom stereocenters. The Morgan fingerprint density at radius 3 is 2.85 bits per heavy atom. The Hall–Kier alpha value is -3.22. The minimum absolute atomic E-state index is 0.0225. The van der Waals surface area contributed by atoms with Crippen LogP contribution in [0.25, 0.3) is 5.69 Å². The largest absolute Gasteiger partial charge is 0.382 e. The van der Waals surface area contributed by atoms with Gasteiger partial charge in [-0.3, -0.25) is 9.78 Å². The van der Waals surface area contributed by atoms with E-state index in [4.69, 9.17) is 5.73 Å². The number of rotatable bonds is 2. The summed E-state index contributed by atoms with van der Waals surface area (Å²) in [6.45, 7) is 5.10. The monoisotopic (exact) mass is 348 g/mol. The summed E-state index contributed by atoms with van der Waals surface area (Å²) in [5.41, 5.74) is 11.2. The van der Waals surface area contributed by atoms with Crippen LogP contribution in [0.5, 0.6) is 0 Å². The summed E-state index contributed by atoms with van der Waals surface area (Å²) in [5.74, 6) is 0.405. The summed E-state index contributed by atoms with van der Waals surface area (Å²) in [6.07, 6.45) is 4.23. The molecule has 26 heavy (non-hydrogen) atoms. The van der Waals surface area contributed by atoms with Crippen LogP contribution in [0.2, 0.25) is 0 Å². The molecule has 0 spiro atoms. The number of pyridine rings is 1. The van der Waals surface area contributed by atoms with E-state index >= 15 is 0 Å². The lowest BCUT2D eigenvalue weighted by molar-refractivity contribution is 0.0732. The highest BCUT2D eigenvalue weighted by Crippen LogP contribution is 2.24. The normalized spacial score (nSPS) is 13.5. The first kappa shape index (κ1) is 16.3. The fourth-order valence-corrected chi connectivity index (χ4v) is 3.55. The molecule has 1 aliphatic rings. The Bertz CT molecular complexity index is 979. The summed E-state index contributed by atoms with van der Waals surface area (Å²) in [5, 5.41) is 8.03. The Balaban J connectivity index is 1.66. The van der Waals surface area contributed by atoms with Crippen molar-refractivity contribution < 1.29 is 4.79 Å². The number of amides is 1. The first-order valence-electron chi connectivity index (χ1n) is 8.54. The lowest BCUT2D eigenvalue weighted by Crippen LogP contribution is -2.36. The number of nitrogen functional groups attached to an aromatic ring is 1. The lowest BCUT2D eigenvalue weighted by Gasteiger charge is -2.28. The van der Waals surface area contributed by atoms with Gasteiger partial charge in [-0.2, -0.15) is 5.10 Å². The number of hydrogen-bond donors (Lipinski definition) is 1. The molecule has 4 rings (SSSR count). The first-order chi connectivity index (χ1) is 12.5. The predicted octanol–water partition coefficient (Wildman–Crippen LogP) is 2.06. The van der Waals surface area contributed by atoms with Gasteiger partial charge in [0.15, 0.2) is 0 Å². The van der Waals surface area contributed by atoms with Crippen LogP contribution in [0, 0.1) is 13.8 Å². The van der Waals surface area contributed by atoms with Gasteiger partial charge in [0.25, 0.3) is 5.91 Å². The second-order valence-electron chi connectivity index (χ2n) is 6.55. The molecular weight excluding hydrogens is 328 g/mol. The van der Waals surface area contributed by atoms with Crippen molar-refractivity contribution in [2.75, 3.05) is 12.3 Å². The maximum atomic E-state index is 13.1. The van der Waals surface area contributed by atoms with Gasteiger partial charge in [-0.1, -0.05) is 0 Å². The third-order valence-electron chi connectivity index (χ3n) is 4.81. The van der Waals surface area contributed by atoms with E-state index < -0.39 is 0 Å². The molecule has 0 bridgehead atoms. The minimum atomic E-state index is 0.0225. The number of aryl methyl sites for hydroxylation is 1. The Morgan fingerprint density at radius 1 is 1.23 bits per heavy atom. The molecule has 0 aromatic carbocycles. The molecule has 0 unspecified atom stereocenters. The topological polar surface area (TPSA) is 89.9 Å². The van der Waals surface area contributed by atoms with Gasteiger partial charge in [0.1, 0.15) is 5.82 Å². The molecule has 1 amide bonds. The number of fused-ring (bicyclic) bond motifs is 1. The number of nitrogens with zero attached hydrogens (tertiary/aromatic N) is 5. The average molecular weight is 348 g/mol. The molecule has 7 heteroatoms. The second-order valence-corrected chi connectivity index (χ2v) is 6.55. The summed E-state index contributed by atoms with van der Waals surface area (Å²) >= 11 is 0. The van der Waals surface area contributed by atoms with E-state index in [0.717, 1.165) is 28.3 Å². The average Bonchev–Trinajstić information content (AvgIpc) is 2.95. The van der Waals surface area contributed by atoms with Crippen molar-refractivity contribution in [3.05, 3.63) is 64.9 Å². The molecular formula is C19H20N6O. The number of hydrogen-bond acceptors (Lipinski definition) is 5. The fraction of sp³-hybridized carbons (Fsp3) is 0.263. The van der Waals surface area contributed by atoms with Crippen LogP contribution in [-0.2, 0) is 13.0 Å². The zero-order valence-electron chi connectivity index (χ0n) is 14.8. The third-order valence-corrected chi connectivity index (χ3v) is 4.81. The van der Waals surface area contributed by atoms with Crippen LogP contribution in [0.15, 0.2) is 36.7 Å². The number of carbonyl (C=O) groups is 1. The molecule has 3 aromatic heterocycles. The number of aromatic nitrogens is 4. The van der Waals surface area contributed by atoms with Crippen LogP contribution in [0.1, 0.15) is 33.0 Å². The van der Waals surface area contributed by atoms with E-state index in [0.29, 0.717) is 30.9 Å². The summed E-state index contributed by atoms with van der Waals surface area (Å²) in [7, 11) is 0. The zero-order chi connectivity index (χ0) is 18.3. The van der Waals surface area contributed by atoms with Crippen LogP contribution in [0.3, 0.4) is 0 Å². The van der Waals surface area contributed by atoms with Gasteiger partial charge >= 0.3 is 0 Å². The van der Waals surface area contributed by atoms with Gasteiger partial charge in [-0.15, -0.1) is 5.10 Å². The molecule has 0 fully saturated rings. The van der Waals surface area contributed by atoms with Crippen LogP contribution in [0.4, 0.5) is 5.82 Å². The molecule has 4 heterocycles. The van der Waals surface area contributed by atoms with E-state index in [1.165, 1.54) is 0 Å². The number of nitrogens with two attached hydrogens (primary N) is 1. The molecule has 2 N–H and O–H groups in total. The van der Waals surface area contributed by atoms with Crippen LogP contribution >= 0.6 is 0 Å². The van der Waals surface area contributed by atoms with Gasteiger partial charge in [0.2, 0.25) is 0 Å². The van der Waals surface area contributed by atoms with Crippen molar-refractivity contribution in [3.63, 3.8) is 0 Å². The van der Waals surface area contributed by atoms with E-state index in [1.54, 1.807) is 18.5 Å². The molecule has 0 aliphatic carbocycles. The van der Waals surface area contributed by atoms with Gasteiger partial charge in [0, 0.05) is 37.1 Å². The first-order valence-corrected chi connectivity index (χ1v) is 8.54. The van der Waals surface area contributed by atoms with Crippen molar-refractivity contribution in [1.82, 2.24) is 24.6 Å². The molecule has 132 valence electrons. The van der Waals surface area contributed by atoms with Crippen molar-refractivity contribution in [2.24, 2.45) is 0 Å². The fourth-order valence-electron chi connectivity index (χ4n) is 3.55. The molecule has 0 saturated carbocycles. The Morgan fingerprint density at radius 2 is 2.08 bits per heavy atom. The van der Waals surface area contributed by atoms with Gasteiger partial charge in [-0.05, 0) is 43.7 Å². The van der Waals surface area contributed by atoms with Crippen molar-refractivity contribution in [2.45, 2.75) is 26.8 Å². The highest BCUT2D eigenvalue weighted by atomic mass is 16.2. The predicted molar refractivity (Wildman–Crippen MR) is 97.9 cm³/mol. The van der Waals surface area contributed by atoms with Crippen LogP contribution in [-0.4, -0.2) is 37.1 Å². The summed E-state index contributed by atoms with van der Waals surface area (Å²) < 4.78 is 2.06. The van der Waals surface area contributed by atoms with Crippen molar-refractivity contribution >= 4 is 11.7 Å². The van der Waals surface area contributed by atoms with E-state index in [9.17, 15) is 4.79 Å². The van der Waals surface area contributed by atoms with E-state index in [1.807, 2.05) is 36.9 Å². The quantitative estimate of drug-likeness (QED) is 0.765. The second kappa shape index (κ2) is 6.25. The maximum absolute atomic E-state index is 13.1.